The minimum atomic E-state index is -0.597. The molecule has 0 bridgehead atoms. The van der Waals surface area contributed by atoms with Crippen molar-refractivity contribution >= 4 is 41.2 Å². The second kappa shape index (κ2) is 10.1. The topological polar surface area (TPSA) is 143 Å². The highest BCUT2D eigenvalue weighted by molar-refractivity contribution is 6.04. The fraction of sp³-hybridized carbons (Fsp3) is 0.300. The zero-order valence-electron chi connectivity index (χ0n) is 17.6. The Labute approximate surface area is 185 Å². The van der Waals surface area contributed by atoms with Crippen LogP contribution in [-0.4, -0.2) is 44.8 Å². The van der Waals surface area contributed by atoms with Gasteiger partial charge in [-0.1, -0.05) is 12.2 Å². The number of aryl methyl sites for hydroxylation is 2. The number of hydrogen-bond donors (Lipinski definition) is 3. The summed E-state index contributed by atoms with van der Waals surface area (Å²) < 4.78 is 8.87. The number of imidazole rings is 1. The molecule has 0 aliphatic carbocycles. The largest absolute Gasteiger partial charge is 0.494 e. The van der Waals surface area contributed by atoms with E-state index in [9.17, 15) is 9.59 Å². The van der Waals surface area contributed by atoms with Gasteiger partial charge in [-0.25, -0.2) is 4.98 Å². The third-order valence-electron chi connectivity index (χ3n) is 4.56. The highest BCUT2D eigenvalue weighted by Gasteiger charge is 2.21. The molecule has 11 heteroatoms. The number of carbonyl (C=O) groups excluding carboxylic acids is 2. The zero-order valence-corrected chi connectivity index (χ0v) is 18.4. The Morgan fingerprint density at radius 2 is 2.00 bits per heavy atom. The molecule has 0 radical (unpaired) electrons. The predicted molar refractivity (Wildman–Crippen MR) is 121 cm³/mol. The SMILES string of the molecule is CCn1nc(C)cc1C(=O)Nc1nc2cc(C(N)=O)cc(OC)c2n1C/C=C/CN.Cl. The average Bonchev–Trinajstić information content (AvgIpc) is 3.27. The zero-order chi connectivity index (χ0) is 21.8. The van der Waals surface area contributed by atoms with Crippen LogP contribution in [0, 0.1) is 6.92 Å². The number of nitrogens with zero attached hydrogens (tertiary/aromatic N) is 4. The summed E-state index contributed by atoms with van der Waals surface area (Å²) in [5.41, 5.74) is 13.5. The van der Waals surface area contributed by atoms with E-state index in [-0.39, 0.29) is 23.9 Å². The molecule has 2 heterocycles. The molecule has 31 heavy (non-hydrogen) atoms. The average molecular weight is 448 g/mol. The number of anilines is 1. The Balaban J connectivity index is 0.00000341. The number of aromatic nitrogens is 4. The van der Waals surface area contributed by atoms with E-state index in [1.165, 1.54) is 7.11 Å². The van der Waals surface area contributed by atoms with Gasteiger partial charge in [0.15, 0.2) is 0 Å². The van der Waals surface area contributed by atoms with Gasteiger partial charge in [0.05, 0.1) is 18.3 Å². The number of allylic oxidation sites excluding steroid dienone is 1. The second-order valence-electron chi connectivity index (χ2n) is 6.60. The number of primary amides is 1. The van der Waals surface area contributed by atoms with Gasteiger partial charge in [0.1, 0.15) is 17.0 Å². The number of benzene rings is 1. The molecule has 0 saturated heterocycles. The van der Waals surface area contributed by atoms with Gasteiger partial charge in [0, 0.05) is 25.2 Å². The maximum Gasteiger partial charge on any atom is 0.276 e. The standard InChI is InChI=1S/C20H25N7O3.ClH/c1-4-27-15(9-12(2)25-27)19(29)24-20-23-14-10-13(18(22)28)11-16(30-3)17(14)26(20)8-6-5-7-21;/h5-6,9-11H,4,7-8,21H2,1-3H3,(H2,22,28)(H,23,24,29);1H/b6-5+;. The van der Waals surface area contributed by atoms with Crippen LogP contribution in [0.2, 0.25) is 0 Å². The first-order valence-corrected chi connectivity index (χ1v) is 9.48. The lowest BCUT2D eigenvalue weighted by Crippen LogP contribution is -2.20. The summed E-state index contributed by atoms with van der Waals surface area (Å²) in [4.78, 5) is 29.1. The van der Waals surface area contributed by atoms with Gasteiger partial charge in [-0.2, -0.15) is 5.10 Å². The summed E-state index contributed by atoms with van der Waals surface area (Å²) in [7, 11) is 1.49. The Hall–Kier alpha value is -3.37. The van der Waals surface area contributed by atoms with Crippen molar-refractivity contribution in [3.05, 3.63) is 47.3 Å². The van der Waals surface area contributed by atoms with Gasteiger partial charge in [0.25, 0.3) is 5.91 Å². The first-order chi connectivity index (χ1) is 14.4. The predicted octanol–water partition coefficient (Wildman–Crippen LogP) is 1.86. The Morgan fingerprint density at radius 3 is 2.61 bits per heavy atom. The van der Waals surface area contributed by atoms with Gasteiger partial charge in [-0.05, 0) is 32.0 Å². The molecule has 1 aromatic carbocycles. The van der Waals surface area contributed by atoms with Crippen molar-refractivity contribution in [2.24, 2.45) is 11.5 Å². The maximum atomic E-state index is 12.9. The number of rotatable bonds is 8. The van der Waals surface area contributed by atoms with Gasteiger partial charge in [-0.15, -0.1) is 12.4 Å². The minimum absolute atomic E-state index is 0. The molecule has 0 aliphatic rings. The van der Waals surface area contributed by atoms with Gasteiger partial charge in [0.2, 0.25) is 11.9 Å². The van der Waals surface area contributed by atoms with E-state index in [1.807, 2.05) is 19.9 Å². The van der Waals surface area contributed by atoms with Crippen LogP contribution >= 0.6 is 12.4 Å². The summed E-state index contributed by atoms with van der Waals surface area (Å²) in [5, 5.41) is 7.15. The number of nitrogens with two attached hydrogens (primary N) is 2. The fourth-order valence-electron chi connectivity index (χ4n) is 3.21. The molecule has 0 saturated carbocycles. The van der Waals surface area contributed by atoms with Crippen LogP contribution in [0.15, 0.2) is 30.4 Å². The lowest BCUT2D eigenvalue weighted by Gasteiger charge is -2.11. The number of ether oxygens (including phenoxy) is 1. The van der Waals surface area contributed by atoms with E-state index in [0.717, 1.165) is 5.69 Å². The van der Waals surface area contributed by atoms with E-state index >= 15 is 0 Å². The monoisotopic (exact) mass is 447 g/mol. The summed E-state index contributed by atoms with van der Waals surface area (Å²) >= 11 is 0. The van der Waals surface area contributed by atoms with Crippen molar-refractivity contribution in [2.75, 3.05) is 19.0 Å². The molecule has 0 spiro atoms. The van der Waals surface area contributed by atoms with Crippen molar-refractivity contribution in [1.82, 2.24) is 19.3 Å². The molecule has 0 unspecified atom stereocenters. The molecule has 0 aliphatic heterocycles. The highest BCUT2D eigenvalue weighted by Crippen LogP contribution is 2.31. The molecule has 5 N–H and O–H groups in total. The van der Waals surface area contributed by atoms with Gasteiger partial charge >= 0.3 is 0 Å². The fourth-order valence-corrected chi connectivity index (χ4v) is 3.21. The van der Waals surface area contributed by atoms with Crippen LogP contribution in [0.5, 0.6) is 5.75 Å². The van der Waals surface area contributed by atoms with Crippen LogP contribution in [0.3, 0.4) is 0 Å². The maximum absolute atomic E-state index is 12.9. The molecule has 0 fully saturated rings. The van der Waals surface area contributed by atoms with E-state index in [1.54, 1.807) is 33.5 Å². The van der Waals surface area contributed by atoms with Crippen molar-refractivity contribution in [2.45, 2.75) is 26.9 Å². The minimum Gasteiger partial charge on any atom is -0.494 e. The third-order valence-corrected chi connectivity index (χ3v) is 4.56. The van der Waals surface area contributed by atoms with Crippen molar-refractivity contribution in [3.8, 4) is 5.75 Å². The molecular formula is C20H26ClN7O3. The van der Waals surface area contributed by atoms with E-state index < -0.39 is 5.91 Å². The van der Waals surface area contributed by atoms with E-state index in [4.69, 9.17) is 16.2 Å². The Morgan fingerprint density at radius 1 is 1.26 bits per heavy atom. The number of fused-ring (bicyclic) bond motifs is 1. The van der Waals surface area contributed by atoms with Gasteiger partial charge < -0.3 is 20.8 Å². The molecule has 3 aromatic rings. The van der Waals surface area contributed by atoms with E-state index in [0.29, 0.717) is 48.1 Å². The number of nitrogens with one attached hydrogen (secondary N) is 1. The molecule has 10 nitrogen and oxygen atoms in total. The Kier molecular flexibility index (Phi) is 7.78. The lowest BCUT2D eigenvalue weighted by atomic mass is 10.1. The highest BCUT2D eigenvalue weighted by atomic mass is 35.5. The normalized spacial score (nSPS) is 11.0. The van der Waals surface area contributed by atoms with Crippen LogP contribution in [0.1, 0.15) is 33.5 Å². The molecule has 3 rings (SSSR count). The smallest absolute Gasteiger partial charge is 0.276 e. The number of amides is 2. The summed E-state index contributed by atoms with van der Waals surface area (Å²) in [6.07, 6.45) is 3.66. The number of hydrogen-bond acceptors (Lipinski definition) is 6. The van der Waals surface area contributed by atoms with Crippen molar-refractivity contribution in [3.63, 3.8) is 0 Å². The van der Waals surface area contributed by atoms with Gasteiger partial charge in [-0.3, -0.25) is 19.6 Å². The lowest BCUT2D eigenvalue weighted by molar-refractivity contribution is 0.0995. The molecule has 2 aromatic heterocycles. The van der Waals surface area contributed by atoms with Crippen molar-refractivity contribution < 1.29 is 14.3 Å². The molecule has 0 atom stereocenters. The van der Waals surface area contributed by atoms with Crippen LogP contribution < -0.4 is 21.5 Å². The Bertz CT molecular complexity index is 1130. The summed E-state index contributed by atoms with van der Waals surface area (Å²) in [6, 6.07) is 4.84. The quantitative estimate of drug-likeness (QED) is 0.449. The van der Waals surface area contributed by atoms with Crippen LogP contribution in [0.4, 0.5) is 5.95 Å². The summed E-state index contributed by atoms with van der Waals surface area (Å²) in [6.45, 7) is 5.06. The first kappa shape index (κ1) is 23.9. The molecule has 166 valence electrons. The molecular weight excluding hydrogens is 422 g/mol. The first-order valence-electron chi connectivity index (χ1n) is 9.48. The van der Waals surface area contributed by atoms with E-state index in [2.05, 4.69) is 15.4 Å². The van der Waals surface area contributed by atoms with Crippen molar-refractivity contribution in [1.29, 1.82) is 0 Å². The number of carbonyl (C=O) groups is 2. The van der Waals surface area contributed by atoms with Crippen LogP contribution in [0.25, 0.3) is 11.0 Å². The number of halogens is 1. The van der Waals surface area contributed by atoms with Crippen LogP contribution in [-0.2, 0) is 13.1 Å². The summed E-state index contributed by atoms with van der Waals surface area (Å²) in [5.74, 6) is -0.213. The second-order valence-corrected chi connectivity index (χ2v) is 6.60. The molecule has 2 amide bonds. The third kappa shape index (κ3) is 4.86. The number of methoxy groups -OCH3 is 1.